The summed E-state index contributed by atoms with van der Waals surface area (Å²) in [5.74, 6) is -1.24. The Balaban J connectivity index is 4.39. The Hall–Kier alpha value is -1.67. The number of ether oxygens (including phenoxy) is 1. The lowest BCUT2D eigenvalue weighted by Gasteiger charge is -2.17. The van der Waals surface area contributed by atoms with E-state index >= 15 is 0 Å². The number of nitrogens with zero attached hydrogens (tertiary/aromatic N) is 2. The van der Waals surface area contributed by atoms with Crippen LogP contribution in [0.3, 0.4) is 0 Å². The molecule has 0 atom stereocenters. The van der Waals surface area contributed by atoms with Gasteiger partial charge in [-0.05, 0) is 0 Å². The van der Waals surface area contributed by atoms with Gasteiger partial charge in [0.1, 0.15) is 0 Å². The zero-order valence-electron chi connectivity index (χ0n) is 8.25. The minimum Gasteiger partial charge on any atom is -0.436 e. The average molecular weight is 229 g/mol. The van der Waals surface area contributed by atoms with Gasteiger partial charge in [-0.1, -0.05) is 0 Å². The Morgan fingerprint density at radius 3 is 2.27 bits per heavy atom. The lowest BCUT2D eigenvalue weighted by Crippen LogP contribution is -2.38. The van der Waals surface area contributed by atoms with Crippen LogP contribution in [0.15, 0.2) is 5.10 Å². The van der Waals surface area contributed by atoms with Crippen LogP contribution < -0.4 is 5.59 Å². The minimum atomic E-state index is -4.64. The van der Waals surface area contributed by atoms with Crippen molar-refractivity contribution < 1.29 is 27.5 Å². The van der Waals surface area contributed by atoms with Crippen molar-refractivity contribution in [3.63, 3.8) is 0 Å². The van der Waals surface area contributed by atoms with Gasteiger partial charge in [-0.15, -0.1) is 10.7 Å². The van der Waals surface area contributed by atoms with Gasteiger partial charge in [0.2, 0.25) is 5.84 Å². The van der Waals surface area contributed by atoms with Crippen LogP contribution in [-0.4, -0.2) is 44.3 Å². The maximum absolute atomic E-state index is 12.2. The van der Waals surface area contributed by atoms with E-state index in [1.807, 2.05) is 0 Å². The number of amidine groups is 1. The quantitative estimate of drug-likeness (QED) is 0.327. The van der Waals surface area contributed by atoms with Gasteiger partial charge in [0.15, 0.2) is 0 Å². The first-order chi connectivity index (χ1) is 6.79. The standard InChI is InChI=1S/C6H10F3N3O3/c1-12(2)4(6(7,8)9)10-11-15-5(13)14-3/h11H,1-3H3. The van der Waals surface area contributed by atoms with Crippen LogP contribution in [-0.2, 0) is 9.57 Å². The summed E-state index contributed by atoms with van der Waals surface area (Å²) in [7, 11) is 3.29. The smallest absolute Gasteiger partial charge is 0.436 e. The van der Waals surface area contributed by atoms with E-state index in [9.17, 15) is 18.0 Å². The molecule has 0 unspecified atom stereocenters. The molecule has 0 aromatic carbocycles. The van der Waals surface area contributed by atoms with Gasteiger partial charge >= 0.3 is 12.3 Å². The molecule has 88 valence electrons. The van der Waals surface area contributed by atoms with Gasteiger partial charge < -0.3 is 9.64 Å². The van der Waals surface area contributed by atoms with Crippen molar-refractivity contribution in [3.8, 4) is 0 Å². The second kappa shape index (κ2) is 5.27. The Morgan fingerprint density at radius 2 is 1.93 bits per heavy atom. The van der Waals surface area contributed by atoms with Crippen LogP contribution in [0.25, 0.3) is 0 Å². The number of hydrogen-bond acceptors (Lipinski definition) is 5. The number of carbonyl (C=O) groups is 1. The third kappa shape index (κ3) is 4.93. The molecule has 0 aliphatic heterocycles. The second-order valence-electron chi connectivity index (χ2n) is 2.48. The number of methoxy groups -OCH3 is 1. The van der Waals surface area contributed by atoms with E-state index in [2.05, 4.69) is 14.7 Å². The molecular weight excluding hydrogens is 219 g/mol. The second-order valence-corrected chi connectivity index (χ2v) is 2.48. The number of rotatable bonds is 2. The SMILES string of the molecule is COC(=O)ONN=C(N(C)C)C(F)(F)F. The van der Waals surface area contributed by atoms with Crippen molar-refractivity contribution in [3.05, 3.63) is 0 Å². The molecule has 1 N–H and O–H groups in total. The van der Waals surface area contributed by atoms with Gasteiger partial charge in [-0.25, -0.2) is 4.79 Å². The van der Waals surface area contributed by atoms with E-state index in [4.69, 9.17) is 0 Å². The normalized spacial score (nSPS) is 12.0. The van der Waals surface area contributed by atoms with Gasteiger partial charge in [-0.3, -0.25) is 4.84 Å². The Kier molecular flexibility index (Phi) is 4.68. The zero-order valence-corrected chi connectivity index (χ0v) is 8.25. The topological polar surface area (TPSA) is 63.2 Å². The maximum Gasteiger partial charge on any atom is 0.534 e. The molecular formula is C6H10F3N3O3. The Morgan fingerprint density at radius 1 is 1.40 bits per heavy atom. The summed E-state index contributed by atoms with van der Waals surface area (Å²) in [5, 5.41) is 2.83. The van der Waals surface area contributed by atoms with E-state index in [0.717, 1.165) is 21.2 Å². The molecule has 15 heavy (non-hydrogen) atoms. The molecule has 0 aromatic rings. The molecule has 0 radical (unpaired) electrons. The molecule has 9 heteroatoms. The lowest BCUT2D eigenvalue weighted by molar-refractivity contribution is -0.0691. The molecule has 0 saturated heterocycles. The van der Waals surface area contributed by atoms with Crippen LogP contribution in [0.1, 0.15) is 0 Å². The molecule has 0 bridgehead atoms. The molecule has 0 heterocycles. The van der Waals surface area contributed by atoms with Crippen LogP contribution in [0.5, 0.6) is 0 Å². The predicted molar refractivity (Wildman–Crippen MR) is 43.8 cm³/mol. The van der Waals surface area contributed by atoms with Crippen LogP contribution in [0.2, 0.25) is 0 Å². The van der Waals surface area contributed by atoms with Crippen LogP contribution >= 0.6 is 0 Å². The summed E-state index contributed by atoms with van der Waals surface area (Å²) in [4.78, 5) is 15.0. The van der Waals surface area contributed by atoms with Gasteiger partial charge in [-0.2, -0.15) is 13.2 Å². The van der Waals surface area contributed by atoms with E-state index in [0.29, 0.717) is 4.90 Å². The van der Waals surface area contributed by atoms with Gasteiger partial charge in [0.05, 0.1) is 7.11 Å². The predicted octanol–water partition coefficient (Wildman–Crippen LogP) is 0.711. The highest BCUT2D eigenvalue weighted by Gasteiger charge is 2.38. The maximum atomic E-state index is 12.2. The molecule has 0 saturated carbocycles. The number of nitrogens with one attached hydrogen (secondary N) is 1. The summed E-state index contributed by atoms with van der Waals surface area (Å²) in [6.45, 7) is 0. The van der Waals surface area contributed by atoms with Gasteiger partial charge in [0.25, 0.3) is 0 Å². The van der Waals surface area contributed by atoms with Crippen molar-refractivity contribution in [1.29, 1.82) is 0 Å². The summed E-state index contributed by atoms with van der Waals surface area (Å²) in [5.41, 5.74) is 1.48. The number of halogens is 3. The third-order valence-electron chi connectivity index (χ3n) is 1.12. The van der Waals surface area contributed by atoms with E-state index in [1.165, 1.54) is 5.59 Å². The Bertz CT molecular complexity index is 252. The first-order valence-corrected chi connectivity index (χ1v) is 3.61. The largest absolute Gasteiger partial charge is 0.534 e. The fourth-order valence-electron chi connectivity index (χ4n) is 0.562. The fourth-order valence-corrected chi connectivity index (χ4v) is 0.562. The number of hydrogen-bond donors (Lipinski definition) is 1. The van der Waals surface area contributed by atoms with Gasteiger partial charge in [0, 0.05) is 14.1 Å². The average Bonchev–Trinajstić information content (AvgIpc) is 2.09. The molecule has 0 aliphatic rings. The summed E-state index contributed by atoms with van der Waals surface area (Å²) in [6.07, 6.45) is -5.84. The van der Waals surface area contributed by atoms with Crippen molar-refractivity contribution in [2.24, 2.45) is 5.10 Å². The molecule has 6 nitrogen and oxygen atoms in total. The highest BCUT2D eigenvalue weighted by molar-refractivity contribution is 5.86. The fraction of sp³-hybridized carbons (Fsp3) is 0.667. The number of alkyl halides is 3. The molecule has 0 aromatic heterocycles. The number of hydrazone groups is 1. The molecule has 0 aliphatic carbocycles. The van der Waals surface area contributed by atoms with Crippen molar-refractivity contribution in [2.75, 3.05) is 21.2 Å². The highest BCUT2D eigenvalue weighted by atomic mass is 19.4. The lowest BCUT2D eigenvalue weighted by atomic mass is 10.5. The van der Waals surface area contributed by atoms with Crippen molar-refractivity contribution >= 4 is 12.0 Å². The monoisotopic (exact) mass is 229 g/mol. The van der Waals surface area contributed by atoms with Crippen molar-refractivity contribution in [1.82, 2.24) is 10.5 Å². The van der Waals surface area contributed by atoms with E-state index in [-0.39, 0.29) is 0 Å². The molecule has 0 amide bonds. The summed E-state index contributed by atoms with van der Waals surface area (Å²) < 4.78 is 40.6. The molecule has 0 fully saturated rings. The summed E-state index contributed by atoms with van der Waals surface area (Å²) in [6, 6.07) is 0. The van der Waals surface area contributed by atoms with Crippen LogP contribution in [0.4, 0.5) is 18.0 Å². The first-order valence-electron chi connectivity index (χ1n) is 3.61. The zero-order chi connectivity index (χ0) is 12.1. The summed E-state index contributed by atoms with van der Waals surface area (Å²) >= 11 is 0. The van der Waals surface area contributed by atoms with E-state index in [1.54, 1.807) is 0 Å². The van der Waals surface area contributed by atoms with Crippen LogP contribution in [0, 0.1) is 0 Å². The van der Waals surface area contributed by atoms with E-state index < -0.39 is 18.2 Å². The third-order valence-corrected chi connectivity index (χ3v) is 1.12. The molecule has 0 rings (SSSR count). The number of carbonyl (C=O) groups excluding carboxylic acids is 1. The van der Waals surface area contributed by atoms with Crippen molar-refractivity contribution in [2.45, 2.75) is 6.18 Å². The molecule has 0 spiro atoms. The Labute approximate surface area is 83.6 Å². The minimum absolute atomic E-state index is 0.716. The highest BCUT2D eigenvalue weighted by Crippen LogP contribution is 2.17. The first kappa shape index (κ1) is 13.3.